The lowest BCUT2D eigenvalue weighted by atomic mass is 10.0. The summed E-state index contributed by atoms with van der Waals surface area (Å²) in [6.07, 6.45) is 0. The highest BCUT2D eigenvalue weighted by Crippen LogP contribution is 2.35. The standard InChI is InChI=1S/C16H7N3O5/c20-4-1-2-6-5(3-4)7-8-9(14(22)18-13(8)21)10-11(12(7)17-6)16(24)19-15(10)23/h1-3,17,20H,(H,18,21,22)(H,19,23,24). The molecule has 8 nitrogen and oxygen atoms in total. The van der Waals surface area contributed by atoms with E-state index in [4.69, 9.17) is 0 Å². The fourth-order valence-electron chi connectivity index (χ4n) is 3.49. The van der Waals surface area contributed by atoms with Gasteiger partial charge in [-0.25, -0.2) is 0 Å². The Labute approximate surface area is 129 Å². The molecule has 0 amide bonds. The van der Waals surface area contributed by atoms with Crippen molar-refractivity contribution in [3.63, 3.8) is 0 Å². The number of phenolic OH excluding ortho intramolecular Hbond substituents is 1. The van der Waals surface area contributed by atoms with E-state index in [-0.39, 0.29) is 32.8 Å². The summed E-state index contributed by atoms with van der Waals surface area (Å²) in [6, 6.07) is 4.48. The summed E-state index contributed by atoms with van der Waals surface area (Å²) in [5, 5.41) is 10.4. The molecule has 0 saturated heterocycles. The first-order valence-electron chi connectivity index (χ1n) is 7.03. The summed E-state index contributed by atoms with van der Waals surface area (Å²) >= 11 is 0. The van der Waals surface area contributed by atoms with E-state index in [1.807, 2.05) is 0 Å². The molecular weight excluding hydrogens is 314 g/mol. The molecule has 8 heteroatoms. The molecule has 0 aliphatic carbocycles. The molecule has 2 aromatic carbocycles. The van der Waals surface area contributed by atoms with Gasteiger partial charge in [0.05, 0.1) is 27.1 Å². The van der Waals surface area contributed by atoms with Gasteiger partial charge < -0.3 is 10.1 Å². The van der Waals surface area contributed by atoms with Gasteiger partial charge in [0.2, 0.25) is 0 Å². The van der Waals surface area contributed by atoms with Crippen molar-refractivity contribution in [3.05, 3.63) is 59.6 Å². The zero-order valence-corrected chi connectivity index (χ0v) is 11.8. The minimum Gasteiger partial charge on any atom is -0.508 e. The number of H-pyrrole nitrogens is 3. The Morgan fingerprint density at radius 3 is 1.88 bits per heavy atom. The molecule has 0 aliphatic heterocycles. The van der Waals surface area contributed by atoms with E-state index in [1.165, 1.54) is 12.1 Å². The highest BCUT2D eigenvalue weighted by atomic mass is 16.3. The van der Waals surface area contributed by atoms with Crippen molar-refractivity contribution >= 4 is 43.4 Å². The van der Waals surface area contributed by atoms with E-state index < -0.39 is 22.2 Å². The molecule has 4 N–H and O–H groups in total. The fraction of sp³-hybridized carbons (Fsp3) is 0. The van der Waals surface area contributed by atoms with Gasteiger partial charge in [-0.3, -0.25) is 29.1 Å². The monoisotopic (exact) mass is 321 g/mol. The lowest BCUT2D eigenvalue weighted by molar-refractivity contribution is 0.476. The van der Waals surface area contributed by atoms with Gasteiger partial charge in [-0.2, -0.15) is 0 Å². The van der Waals surface area contributed by atoms with Crippen molar-refractivity contribution in [1.29, 1.82) is 0 Å². The van der Waals surface area contributed by atoms with E-state index in [0.29, 0.717) is 16.3 Å². The van der Waals surface area contributed by atoms with Crippen molar-refractivity contribution in [3.8, 4) is 5.75 Å². The first kappa shape index (κ1) is 12.8. The van der Waals surface area contributed by atoms with Crippen LogP contribution in [-0.4, -0.2) is 20.1 Å². The van der Waals surface area contributed by atoms with Crippen LogP contribution in [0.3, 0.4) is 0 Å². The van der Waals surface area contributed by atoms with Crippen LogP contribution in [0.1, 0.15) is 0 Å². The molecule has 0 bridgehead atoms. The van der Waals surface area contributed by atoms with Crippen LogP contribution in [0.4, 0.5) is 0 Å². The summed E-state index contributed by atoms with van der Waals surface area (Å²) < 4.78 is 0. The molecule has 0 radical (unpaired) electrons. The van der Waals surface area contributed by atoms with E-state index >= 15 is 0 Å². The number of phenols is 1. The Bertz CT molecular complexity index is 1540. The van der Waals surface area contributed by atoms with Crippen LogP contribution in [0.25, 0.3) is 43.4 Å². The molecular formula is C16H7N3O5. The molecule has 0 atom stereocenters. The van der Waals surface area contributed by atoms with Crippen LogP contribution in [-0.2, 0) is 0 Å². The van der Waals surface area contributed by atoms with Gasteiger partial charge in [-0.15, -0.1) is 0 Å². The highest BCUT2D eigenvalue weighted by Gasteiger charge is 2.23. The summed E-state index contributed by atoms with van der Waals surface area (Å²) in [7, 11) is 0. The average Bonchev–Trinajstić information content (AvgIpc) is 3.12. The largest absolute Gasteiger partial charge is 0.508 e. The maximum Gasteiger partial charge on any atom is 0.261 e. The van der Waals surface area contributed by atoms with Gasteiger partial charge in [0, 0.05) is 16.3 Å². The Kier molecular flexibility index (Phi) is 2.03. The topological polar surface area (TPSA) is 136 Å². The Morgan fingerprint density at radius 2 is 1.21 bits per heavy atom. The number of aromatic amines is 3. The maximum absolute atomic E-state index is 12.3. The molecule has 116 valence electrons. The molecule has 0 fully saturated rings. The molecule has 3 aromatic heterocycles. The van der Waals surface area contributed by atoms with Crippen LogP contribution in [0.2, 0.25) is 0 Å². The number of hydrogen-bond donors (Lipinski definition) is 4. The van der Waals surface area contributed by atoms with Gasteiger partial charge in [-0.1, -0.05) is 0 Å². The zero-order chi connectivity index (χ0) is 16.7. The third kappa shape index (κ3) is 1.29. The molecule has 24 heavy (non-hydrogen) atoms. The SMILES string of the molecule is O=c1[nH]c(=O)c2c1c1[nH]c3ccc(O)cc3c1c1c(=O)[nH]c(=O)c21. The Morgan fingerprint density at radius 1 is 0.667 bits per heavy atom. The van der Waals surface area contributed by atoms with E-state index in [1.54, 1.807) is 6.07 Å². The predicted octanol–water partition coefficient (Wildman–Crippen LogP) is 0.306. The number of benzene rings is 2. The number of rotatable bonds is 0. The van der Waals surface area contributed by atoms with Crippen LogP contribution in [0, 0.1) is 0 Å². The molecule has 5 aromatic rings. The number of aromatic nitrogens is 3. The quantitative estimate of drug-likeness (QED) is 0.325. The van der Waals surface area contributed by atoms with Gasteiger partial charge >= 0.3 is 0 Å². The summed E-state index contributed by atoms with van der Waals surface area (Å²) in [4.78, 5) is 56.1. The van der Waals surface area contributed by atoms with Crippen molar-refractivity contribution in [2.45, 2.75) is 0 Å². The van der Waals surface area contributed by atoms with Gasteiger partial charge in [-0.05, 0) is 18.2 Å². The number of fused-ring (bicyclic) bond motifs is 8. The second-order valence-corrected chi connectivity index (χ2v) is 5.67. The first-order valence-corrected chi connectivity index (χ1v) is 7.03. The second-order valence-electron chi connectivity index (χ2n) is 5.67. The van der Waals surface area contributed by atoms with Crippen LogP contribution in [0.15, 0.2) is 37.4 Å². The highest BCUT2D eigenvalue weighted by molar-refractivity contribution is 6.31. The van der Waals surface area contributed by atoms with E-state index in [0.717, 1.165) is 0 Å². The van der Waals surface area contributed by atoms with E-state index in [2.05, 4.69) is 15.0 Å². The van der Waals surface area contributed by atoms with E-state index in [9.17, 15) is 24.3 Å². The second kappa shape index (κ2) is 3.80. The summed E-state index contributed by atoms with van der Waals surface area (Å²) in [5.74, 6) is -0.0251. The smallest absolute Gasteiger partial charge is 0.261 e. The molecule has 0 unspecified atom stereocenters. The van der Waals surface area contributed by atoms with Crippen molar-refractivity contribution in [2.24, 2.45) is 0 Å². The third-order valence-corrected chi connectivity index (χ3v) is 4.39. The zero-order valence-electron chi connectivity index (χ0n) is 11.8. The number of hydrogen-bond acceptors (Lipinski definition) is 5. The lowest BCUT2D eigenvalue weighted by Gasteiger charge is -1.96. The molecule has 3 heterocycles. The van der Waals surface area contributed by atoms with Crippen LogP contribution >= 0.6 is 0 Å². The molecule has 5 rings (SSSR count). The van der Waals surface area contributed by atoms with Crippen LogP contribution in [0.5, 0.6) is 5.75 Å². The van der Waals surface area contributed by atoms with Gasteiger partial charge in [0.15, 0.2) is 0 Å². The number of aromatic hydroxyl groups is 1. The normalized spacial score (nSPS) is 12.2. The van der Waals surface area contributed by atoms with Crippen LogP contribution < -0.4 is 22.2 Å². The lowest BCUT2D eigenvalue weighted by Crippen LogP contribution is -2.08. The minimum atomic E-state index is -0.715. The van der Waals surface area contributed by atoms with Crippen molar-refractivity contribution < 1.29 is 5.11 Å². The number of nitrogens with one attached hydrogen (secondary N) is 3. The van der Waals surface area contributed by atoms with Gasteiger partial charge in [0.1, 0.15) is 5.75 Å². The minimum absolute atomic E-state index is 0.0251. The Hall–Kier alpha value is -3.68. The maximum atomic E-state index is 12.3. The fourth-order valence-corrected chi connectivity index (χ4v) is 3.49. The summed E-state index contributed by atoms with van der Waals surface area (Å²) in [6.45, 7) is 0. The predicted molar refractivity (Wildman–Crippen MR) is 88.6 cm³/mol. The third-order valence-electron chi connectivity index (χ3n) is 4.39. The first-order chi connectivity index (χ1) is 11.5. The van der Waals surface area contributed by atoms with Crippen molar-refractivity contribution in [1.82, 2.24) is 15.0 Å². The van der Waals surface area contributed by atoms with Crippen molar-refractivity contribution in [2.75, 3.05) is 0 Å². The molecule has 0 saturated carbocycles. The molecule has 0 spiro atoms. The molecule has 0 aliphatic rings. The average molecular weight is 321 g/mol. The summed E-state index contributed by atoms with van der Waals surface area (Å²) in [5.41, 5.74) is -1.84. The Balaban J connectivity index is 2.37. The van der Waals surface area contributed by atoms with Gasteiger partial charge in [0.25, 0.3) is 22.2 Å².